The molecular weight excluding hydrogens is 407 g/mol. The maximum atomic E-state index is 12.7. The highest BCUT2D eigenvalue weighted by Gasteiger charge is 2.31. The van der Waals surface area contributed by atoms with Crippen molar-refractivity contribution in [1.29, 1.82) is 0 Å². The van der Waals surface area contributed by atoms with E-state index in [2.05, 4.69) is 10.1 Å². The highest BCUT2D eigenvalue weighted by molar-refractivity contribution is 7.89. The third-order valence-corrected chi connectivity index (χ3v) is 4.51. The van der Waals surface area contributed by atoms with Crippen molar-refractivity contribution >= 4 is 27.9 Å². The molecule has 0 saturated heterocycles. The average Bonchev–Trinajstić information content (AvgIpc) is 2.59. The summed E-state index contributed by atoms with van der Waals surface area (Å²) in [5, 5.41) is 4.17. The van der Waals surface area contributed by atoms with Gasteiger partial charge in [-0.15, -0.1) is 0 Å². The predicted molar refractivity (Wildman–Crippen MR) is 89.4 cm³/mol. The van der Waals surface area contributed by atoms with Gasteiger partial charge in [0.1, 0.15) is 0 Å². The summed E-state index contributed by atoms with van der Waals surface area (Å²) in [7, 11) is -4.28. The van der Waals surface area contributed by atoms with Gasteiger partial charge in [0.2, 0.25) is 10.0 Å². The molecule has 0 unspecified atom stereocenters. The number of hydrogen-bond donors (Lipinski definition) is 3. The van der Waals surface area contributed by atoms with Gasteiger partial charge >= 0.3 is 18.2 Å². The van der Waals surface area contributed by atoms with Gasteiger partial charge in [-0.3, -0.25) is 14.9 Å². The number of alkyl halides is 3. The maximum Gasteiger partial charge on any atom is 0.416 e. The number of carbonyl (C=O) groups excluding carboxylic acids is 3. The van der Waals surface area contributed by atoms with Gasteiger partial charge in [0.05, 0.1) is 16.9 Å². The normalized spacial score (nSPS) is 11.6. The number of urea groups is 1. The number of carbonyl (C=O) groups is 3. The van der Waals surface area contributed by atoms with Crippen LogP contribution in [-0.4, -0.2) is 46.0 Å². The number of hydrogen-bond acceptors (Lipinski definition) is 6. The quantitative estimate of drug-likeness (QED) is 0.527. The van der Waals surface area contributed by atoms with E-state index in [4.69, 9.17) is 0 Å². The zero-order chi connectivity index (χ0) is 21.4. The van der Waals surface area contributed by atoms with E-state index in [1.807, 2.05) is 10.0 Å². The largest absolute Gasteiger partial charge is 0.456 e. The Hall–Kier alpha value is -2.67. The van der Waals surface area contributed by atoms with Crippen LogP contribution in [0.4, 0.5) is 18.0 Å². The molecule has 9 nitrogen and oxygen atoms in total. The summed E-state index contributed by atoms with van der Waals surface area (Å²) < 4.78 is 68.5. The minimum atomic E-state index is -4.70. The fraction of sp³-hybridized carbons (Fsp3) is 0.400. The molecule has 1 rings (SSSR count). The number of esters is 1. The second-order valence-corrected chi connectivity index (χ2v) is 7.01. The molecule has 0 fully saturated rings. The highest BCUT2D eigenvalue weighted by Crippen LogP contribution is 2.30. The number of ether oxygens (including phenoxy) is 1. The number of amides is 3. The molecule has 0 saturated carbocycles. The van der Waals surface area contributed by atoms with Gasteiger partial charge < -0.3 is 10.1 Å². The molecule has 0 aliphatic rings. The van der Waals surface area contributed by atoms with Gasteiger partial charge in [0.25, 0.3) is 5.91 Å². The monoisotopic (exact) mass is 425 g/mol. The van der Waals surface area contributed by atoms with Gasteiger partial charge in [-0.1, -0.05) is 6.07 Å². The van der Waals surface area contributed by atoms with E-state index in [1.165, 1.54) is 0 Å². The number of nitrogens with one attached hydrogen (secondary N) is 3. The lowest BCUT2D eigenvalue weighted by Gasteiger charge is -2.10. The van der Waals surface area contributed by atoms with Crippen LogP contribution < -0.4 is 15.4 Å². The van der Waals surface area contributed by atoms with E-state index in [0.717, 1.165) is 18.2 Å². The lowest BCUT2D eigenvalue weighted by Crippen LogP contribution is -2.41. The Morgan fingerprint density at radius 3 is 2.46 bits per heavy atom. The van der Waals surface area contributed by atoms with Crippen molar-refractivity contribution in [2.45, 2.75) is 24.4 Å². The third-order valence-electron chi connectivity index (χ3n) is 3.05. The van der Waals surface area contributed by atoms with Gasteiger partial charge in [-0.25, -0.2) is 17.9 Å². The second-order valence-electron chi connectivity index (χ2n) is 5.24. The Balaban J connectivity index is 2.49. The fourth-order valence-electron chi connectivity index (χ4n) is 1.80. The van der Waals surface area contributed by atoms with Crippen LogP contribution in [0.2, 0.25) is 0 Å². The van der Waals surface area contributed by atoms with Gasteiger partial charge in [-0.2, -0.15) is 13.2 Å². The summed E-state index contributed by atoms with van der Waals surface area (Å²) in [5.41, 5.74) is -1.13. The summed E-state index contributed by atoms with van der Waals surface area (Å²) in [6, 6.07) is 2.34. The molecule has 0 aliphatic carbocycles. The van der Waals surface area contributed by atoms with E-state index in [9.17, 15) is 36.0 Å². The molecule has 0 atom stereocenters. The Morgan fingerprint density at radius 1 is 1.18 bits per heavy atom. The highest BCUT2D eigenvalue weighted by atomic mass is 32.2. The molecule has 1 aromatic rings. The van der Waals surface area contributed by atoms with E-state index in [-0.39, 0.29) is 6.54 Å². The molecule has 156 valence electrons. The Labute approximate surface area is 158 Å². The van der Waals surface area contributed by atoms with Crippen LogP contribution in [0, 0.1) is 0 Å². The lowest BCUT2D eigenvalue weighted by atomic mass is 10.2. The molecule has 0 bridgehead atoms. The summed E-state index contributed by atoms with van der Waals surface area (Å²) in [4.78, 5) is 33.2. The number of halogens is 3. The van der Waals surface area contributed by atoms with Crippen LogP contribution in [0.25, 0.3) is 0 Å². The van der Waals surface area contributed by atoms with E-state index in [1.54, 1.807) is 6.92 Å². The minimum absolute atomic E-state index is 0.283. The first-order valence-electron chi connectivity index (χ1n) is 7.86. The van der Waals surface area contributed by atoms with Crippen LogP contribution in [0.5, 0.6) is 0 Å². The molecule has 0 spiro atoms. The van der Waals surface area contributed by atoms with Crippen LogP contribution in [0.3, 0.4) is 0 Å². The van der Waals surface area contributed by atoms with E-state index in [0.29, 0.717) is 6.07 Å². The lowest BCUT2D eigenvalue weighted by molar-refractivity contribution is -0.148. The van der Waals surface area contributed by atoms with Crippen molar-refractivity contribution in [3.05, 3.63) is 29.8 Å². The maximum absolute atomic E-state index is 12.7. The predicted octanol–water partition coefficient (Wildman–Crippen LogP) is 0.763. The fourth-order valence-corrected chi connectivity index (χ4v) is 2.87. The van der Waals surface area contributed by atoms with Gasteiger partial charge in [-0.05, 0) is 25.1 Å². The molecule has 3 amide bonds. The molecule has 1 aromatic carbocycles. The van der Waals surface area contributed by atoms with Crippen molar-refractivity contribution < 1.29 is 40.7 Å². The Morgan fingerprint density at radius 2 is 1.86 bits per heavy atom. The van der Waals surface area contributed by atoms with E-state index >= 15 is 0 Å². The third kappa shape index (κ3) is 7.92. The molecule has 0 aromatic heterocycles. The molecular formula is C15H18F3N3O6S. The molecule has 0 aliphatic heterocycles. The topological polar surface area (TPSA) is 131 Å². The standard InChI is InChI=1S/C15H18F3N3O6S/c1-2-19-14(24)21-12(22)9-27-13(23)6-7-20-28(25,26)11-5-3-4-10(8-11)15(16,17)18/h3-5,8,20H,2,6-7,9H2,1H3,(H2,19,21,22,24). The number of benzene rings is 1. The summed E-state index contributed by atoms with van der Waals surface area (Å²) in [6.07, 6.45) is -5.18. The zero-order valence-electron chi connectivity index (χ0n) is 14.6. The molecule has 13 heteroatoms. The Kier molecular flexibility index (Phi) is 8.37. The van der Waals surface area contributed by atoms with Crippen molar-refractivity contribution in [2.24, 2.45) is 0 Å². The summed E-state index contributed by atoms with van der Waals surface area (Å²) in [6.45, 7) is 0.696. The first-order valence-corrected chi connectivity index (χ1v) is 9.34. The Bertz CT molecular complexity index is 827. The molecule has 28 heavy (non-hydrogen) atoms. The second kappa shape index (κ2) is 10.0. The minimum Gasteiger partial charge on any atom is -0.456 e. The van der Waals surface area contributed by atoms with Crippen LogP contribution in [0.15, 0.2) is 29.2 Å². The van der Waals surface area contributed by atoms with Gasteiger partial charge in [0, 0.05) is 13.1 Å². The van der Waals surface area contributed by atoms with Crippen molar-refractivity contribution in [1.82, 2.24) is 15.4 Å². The summed E-state index contributed by atoms with van der Waals surface area (Å²) >= 11 is 0. The summed E-state index contributed by atoms with van der Waals surface area (Å²) in [5.74, 6) is -1.83. The van der Waals surface area contributed by atoms with Crippen molar-refractivity contribution in [3.63, 3.8) is 0 Å². The molecule has 0 radical (unpaired) electrons. The average molecular weight is 425 g/mol. The zero-order valence-corrected chi connectivity index (χ0v) is 15.4. The van der Waals surface area contributed by atoms with Crippen molar-refractivity contribution in [2.75, 3.05) is 19.7 Å². The van der Waals surface area contributed by atoms with Crippen LogP contribution >= 0.6 is 0 Å². The van der Waals surface area contributed by atoms with Crippen molar-refractivity contribution in [3.8, 4) is 0 Å². The number of imide groups is 1. The molecule has 0 heterocycles. The van der Waals surface area contributed by atoms with E-state index < -0.39 is 64.1 Å². The van der Waals surface area contributed by atoms with Gasteiger partial charge in [0.15, 0.2) is 6.61 Å². The number of sulfonamides is 1. The van der Waals surface area contributed by atoms with Crippen LogP contribution in [0.1, 0.15) is 18.9 Å². The SMILES string of the molecule is CCNC(=O)NC(=O)COC(=O)CCNS(=O)(=O)c1cccc(C(F)(F)F)c1. The van der Waals surface area contributed by atoms with Crippen LogP contribution in [-0.2, 0) is 30.5 Å². The smallest absolute Gasteiger partial charge is 0.416 e. The molecule has 3 N–H and O–H groups in total. The number of rotatable bonds is 8. The first kappa shape index (κ1) is 23.4. The first-order chi connectivity index (χ1) is 13.0.